The smallest absolute Gasteiger partial charge is 0.195 e. The molecular formula is C7H6ClN3S2. The molecule has 68 valence electrons. The van der Waals surface area contributed by atoms with E-state index in [0.29, 0.717) is 9.79 Å². The lowest BCUT2D eigenvalue weighted by atomic mass is 10.4. The van der Waals surface area contributed by atoms with E-state index in [9.17, 15) is 0 Å². The summed E-state index contributed by atoms with van der Waals surface area (Å²) in [6.45, 7) is 0. The van der Waals surface area contributed by atoms with E-state index < -0.39 is 0 Å². The molecule has 0 radical (unpaired) electrons. The Morgan fingerprint density at radius 3 is 2.92 bits per heavy atom. The van der Waals surface area contributed by atoms with Gasteiger partial charge in [-0.15, -0.1) is 11.3 Å². The van der Waals surface area contributed by atoms with Crippen LogP contribution in [0.15, 0.2) is 11.4 Å². The van der Waals surface area contributed by atoms with Crippen LogP contribution in [-0.2, 0) is 7.05 Å². The van der Waals surface area contributed by atoms with Crippen molar-refractivity contribution in [2.75, 3.05) is 0 Å². The average Bonchev–Trinajstić information content (AvgIpc) is 2.62. The number of hydrogen-bond acceptors (Lipinski definition) is 3. The van der Waals surface area contributed by atoms with Crippen LogP contribution in [0.25, 0.3) is 10.7 Å². The first-order valence-electron chi connectivity index (χ1n) is 3.55. The van der Waals surface area contributed by atoms with Crippen molar-refractivity contribution in [2.45, 2.75) is 0 Å². The van der Waals surface area contributed by atoms with Crippen LogP contribution in [0, 0.1) is 4.77 Å². The van der Waals surface area contributed by atoms with Gasteiger partial charge in [0, 0.05) is 7.05 Å². The van der Waals surface area contributed by atoms with Crippen molar-refractivity contribution in [3.8, 4) is 10.7 Å². The Morgan fingerprint density at radius 2 is 2.46 bits per heavy atom. The number of H-pyrrole nitrogens is 1. The molecule has 1 N–H and O–H groups in total. The van der Waals surface area contributed by atoms with E-state index >= 15 is 0 Å². The number of aromatic nitrogens is 3. The van der Waals surface area contributed by atoms with Crippen LogP contribution in [0.5, 0.6) is 0 Å². The third kappa shape index (κ3) is 1.43. The molecule has 3 nitrogen and oxygen atoms in total. The highest BCUT2D eigenvalue weighted by Crippen LogP contribution is 2.31. The summed E-state index contributed by atoms with van der Waals surface area (Å²) in [5.41, 5.74) is 0. The van der Waals surface area contributed by atoms with Gasteiger partial charge in [0.2, 0.25) is 0 Å². The molecule has 0 amide bonds. The third-order valence-corrected chi connectivity index (χ3v) is 3.40. The highest BCUT2D eigenvalue weighted by molar-refractivity contribution is 7.71. The zero-order chi connectivity index (χ0) is 9.42. The minimum atomic E-state index is 0.597. The van der Waals surface area contributed by atoms with Crippen LogP contribution < -0.4 is 0 Å². The molecule has 0 aliphatic heterocycles. The Labute approximate surface area is 89.0 Å². The standard InChI is InChI=1S/C7H6ClN3S2/c1-11-6(9-10-7(11)12)5-4(8)2-3-13-5/h2-3H,1H3,(H,10,12). The predicted molar refractivity (Wildman–Crippen MR) is 56.7 cm³/mol. The Morgan fingerprint density at radius 1 is 1.69 bits per heavy atom. The van der Waals surface area contributed by atoms with Crippen LogP contribution >= 0.6 is 35.2 Å². The second kappa shape index (κ2) is 3.25. The summed E-state index contributed by atoms with van der Waals surface area (Å²) in [7, 11) is 1.86. The summed E-state index contributed by atoms with van der Waals surface area (Å²) in [5.74, 6) is 0.782. The summed E-state index contributed by atoms with van der Waals surface area (Å²) >= 11 is 12.5. The number of aromatic amines is 1. The summed E-state index contributed by atoms with van der Waals surface area (Å²) in [4.78, 5) is 0.941. The summed E-state index contributed by atoms with van der Waals surface area (Å²) in [5, 5.41) is 9.44. The van der Waals surface area contributed by atoms with Crippen LogP contribution in [0.4, 0.5) is 0 Å². The Balaban J connectivity index is 2.65. The van der Waals surface area contributed by atoms with Gasteiger partial charge in [0.05, 0.1) is 9.90 Å². The summed E-state index contributed by atoms with van der Waals surface area (Å²) in [6, 6.07) is 1.85. The monoisotopic (exact) mass is 231 g/mol. The Hall–Kier alpha value is -0.650. The van der Waals surface area contributed by atoms with Crippen molar-refractivity contribution >= 4 is 35.2 Å². The quantitative estimate of drug-likeness (QED) is 0.766. The lowest BCUT2D eigenvalue weighted by molar-refractivity contribution is 0.904. The molecule has 2 aromatic rings. The Bertz CT molecular complexity index is 482. The van der Waals surface area contributed by atoms with Crippen molar-refractivity contribution in [1.82, 2.24) is 14.8 Å². The van der Waals surface area contributed by atoms with Crippen LogP contribution in [0.2, 0.25) is 5.02 Å². The van der Waals surface area contributed by atoms with E-state index in [2.05, 4.69) is 10.2 Å². The van der Waals surface area contributed by atoms with E-state index in [1.54, 1.807) is 15.9 Å². The molecule has 0 aromatic carbocycles. The van der Waals surface area contributed by atoms with Gasteiger partial charge in [-0.2, -0.15) is 5.10 Å². The van der Waals surface area contributed by atoms with Crippen molar-refractivity contribution in [2.24, 2.45) is 7.05 Å². The molecule has 2 heterocycles. The van der Waals surface area contributed by atoms with Crippen LogP contribution in [0.1, 0.15) is 0 Å². The largest absolute Gasteiger partial charge is 0.303 e. The zero-order valence-electron chi connectivity index (χ0n) is 6.74. The third-order valence-electron chi connectivity index (χ3n) is 1.70. The minimum Gasteiger partial charge on any atom is -0.303 e. The molecule has 0 atom stereocenters. The molecule has 0 aliphatic rings. The van der Waals surface area contributed by atoms with E-state index in [4.69, 9.17) is 23.8 Å². The minimum absolute atomic E-state index is 0.597. The maximum Gasteiger partial charge on any atom is 0.195 e. The lowest BCUT2D eigenvalue weighted by Crippen LogP contribution is -1.90. The Kier molecular flexibility index (Phi) is 2.23. The predicted octanol–water partition coefficient (Wildman–Crippen LogP) is 2.86. The molecule has 0 aliphatic carbocycles. The van der Waals surface area contributed by atoms with Gasteiger partial charge in [-0.25, -0.2) is 0 Å². The highest BCUT2D eigenvalue weighted by atomic mass is 35.5. The fourth-order valence-electron chi connectivity index (χ4n) is 1.00. The molecule has 0 saturated heterocycles. The maximum atomic E-state index is 5.96. The van der Waals surface area contributed by atoms with Crippen molar-refractivity contribution in [3.63, 3.8) is 0 Å². The number of thiophene rings is 1. The molecular weight excluding hydrogens is 226 g/mol. The summed E-state index contributed by atoms with van der Waals surface area (Å²) in [6.07, 6.45) is 0. The van der Waals surface area contributed by atoms with Crippen molar-refractivity contribution in [3.05, 3.63) is 21.2 Å². The van der Waals surface area contributed by atoms with Crippen LogP contribution in [0.3, 0.4) is 0 Å². The number of halogens is 1. The molecule has 6 heteroatoms. The van der Waals surface area contributed by atoms with Gasteiger partial charge >= 0.3 is 0 Å². The number of nitrogens with zero attached hydrogens (tertiary/aromatic N) is 2. The van der Waals surface area contributed by atoms with Gasteiger partial charge in [0.1, 0.15) is 0 Å². The second-order valence-corrected chi connectivity index (χ2v) is 4.22. The first-order chi connectivity index (χ1) is 6.20. The van der Waals surface area contributed by atoms with Gasteiger partial charge < -0.3 is 4.57 Å². The first kappa shape index (κ1) is 8.93. The van der Waals surface area contributed by atoms with E-state index in [0.717, 1.165) is 10.7 Å². The van der Waals surface area contributed by atoms with Gasteiger partial charge in [0.15, 0.2) is 10.6 Å². The van der Waals surface area contributed by atoms with Crippen molar-refractivity contribution < 1.29 is 0 Å². The fraction of sp³-hybridized carbons (Fsp3) is 0.143. The number of hydrogen-bond donors (Lipinski definition) is 1. The fourth-order valence-corrected chi connectivity index (χ4v) is 2.30. The molecule has 2 rings (SSSR count). The van der Waals surface area contributed by atoms with Gasteiger partial charge in [-0.1, -0.05) is 11.6 Å². The second-order valence-electron chi connectivity index (χ2n) is 2.51. The number of nitrogens with one attached hydrogen (secondary N) is 1. The molecule has 0 saturated carbocycles. The molecule has 0 spiro atoms. The van der Waals surface area contributed by atoms with Gasteiger partial charge in [0.25, 0.3) is 0 Å². The molecule has 2 aromatic heterocycles. The molecule has 0 fully saturated rings. The number of rotatable bonds is 1. The van der Waals surface area contributed by atoms with E-state index in [1.165, 1.54) is 0 Å². The summed E-state index contributed by atoms with van der Waals surface area (Å²) < 4.78 is 2.40. The topological polar surface area (TPSA) is 33.6 Å². The molecule has 13 heavy (non-hydrogen) atoms. The van der Waals surface area contributed by atoms with Gasteiger partial charge in [-0.05, 0) is 23.7 Å². The lowest BCUT2D eigenvalue weighted by Gasteiger charge is -1.96. The molecule has 0 unspecified atom stereocenters. The normalized spacial score (nSPS) is 10.6. The van der Waals surface area contributed by atoms with Crippen molar-refractivity contribution in [1.29, 1.82) is 0 Å². The van der Waals surface area contributed by atoms with Gasteiger partial charge in [-0.3, -0.25) is 5.10 Å². The first-order valence-corrected chi connectivity index (χ1v) is 5.21. The average molecular weight is 232 g/mol. The SMILES string of the molecule is Cn1c(-c2sccc2Cl)n[nH]c1=S. The zero-order valence-corrected chi connectivity index (χ0v) is 9.13. The van der Waals surface area contributed by atoms with E-state index in [1.807, 2.05) is 18.5 Å². The highest BCUT2D eigenvalue weighted by Gasteiger charge is 2.10. The van der Waals surface area contributed by atoms with Crippen LogP contribution in [-0.4, -0.2) is 14.8 Å². The maximum absolute atomic E-state index is 5.96. The van der Waals surface area contributed by atoms with E-state index in [-0.39, 0.29) is 0 Å². The molecule has 0 bridgehead atoms.